The van der Waals surface area contributed by atoms with Crippen LogP contribution in [0, 0.1) is 0 Å². The highest BCUT2D eigenvalue weighted by Crippen LogP contribution is 2.45. The lowest BCUT2D eigenvalue weighted by Crippen LogP contribution is -1.93. The second-order valence-corrected chi connectivity index (χ2v) is 17.8. The summed E-state index contributed by atoms with van der Waals surface area (Å²) in [5.41, 5.74) is 15.9. The fourth-order valence-electron chi connectivity index (χ4n) is 10.6. The highest BCUT2D eigenvalue weighted by atomic mass is 14.7. The van der Waals surface area contributed by atoms with E-state index in [1.807, 2.05) is 0 Å². The summed E-state index contributed by atoms with van der Waals surface area (Å²) in [7, 11) is 0. The van der Waals surface area contributed by atoms with Gasteiger partial charge in [0.2, 0.25) is 0 Å². The maximum absolute atomic E-state index is 5.51. The van der Waals surface area contributed by atoms with Gasteiger partial charge >= 0.3 is 0 Å². The molecule has 0 radical (unpaired) electrons. The third kappa shape index (κ3) is 6.92. The fraction of sp³-hybridized carbons (Fsp3) is 0. The Kier molecular flexibility index (Phi) is 9.58. The maximum Gasteiger partial charge on any atom is 0.0715 e. The number of benzene rings is 12. The molecule has 0 N–H and O–H groups in total. The van der Waals surface area contributed by atoms with E-state index in [4.69, 9.17) is 4.98 Å². The molecule has 0 fully saturated rings. The number of fused-ring (bicyclic) bond motifs is 5. The summed E-state index contributed by atoms with van der Waals surface area (Å²) in [4.78, 5) is 5.51. The minimum atomic E-state index is 0.927. The maximum atomic E-state index is 5.51. The van der Waals surface area contributed by atoms with Crippen molar-refractivity contribution in [3.63, 3.8) is 0 Å². The van der Waals surface area contributed by atoms with Crippen LogP contribution in [0.25, 0.3) is 132 Å². The minimum Gasteiger partial charge on any atom is -0.248 e. The molecule has 12 aromatic carbocycles. The van der Waals surface area contributed by atoms with E-state index in [9.17, 15) is 0 Å². The van der Waals surface area contributed by atoms with Crippen molar-refractivity contribution in [2.75, 3.05) is 0 Å². The standard InChI is InChI=1S/C67H43N/c1-2-19-47-38-54(37-36-44(47)16-1)67-62-32-9-7-30-60(62)66(61-31-8-10-33-63(61)67)53-27-11-22-48(39-53)55-42-64(51-25-12-23-49(40-51)58-34-14-20-45-17-3-5-28-56(45)58)68-65(43-55)52-26-13-24-50(41-52)59-35-15-21-46-18-4-6-29-57(46)59/h1-43H. The third-order valence-electron chi connectivity index (χ3n) is 13.8. The average Bonchev–Trinajstić information content (AvgIpc) is 3.42. The lowest BCUT2D eigenvalue weighted by Gasteiger charge is -2.18. The van der Waals surface area contributed by atoms with E-state index in [0.29, 0.717) is 0 Å². The molecule has 0 spiro atoms. The van der Waals surface area contributed by atoms with Gasteiger partial charge in [-0.25, -0.2) is 4.98 Å². The Morgan fingerprint density at radius 2 is 0.559 bits per heavy atom. The number of nitrogens with zero attached hydrogens (tertiary/aromatic N) is 1. The van der Waals surface area contributed by atoms with Gasteiger partial charge in [-0.1, -0.05) is 224 Å². The quantitative estimate of drug-likeness (QED) is 0.146. The van der Waals surface area contributed by atoms with Crippen molar-refractivity contribution in [1.82, 2.24) is 4.98 Å². The van der Waals surface area contributed by atoms with E-state index in [1.54, 1.807) is 0 Å². The Morgan fingerprint density at radius 3 is 1.09 bits per heavy atom. The molecule has 316 valence electrons. The molecule has 0 bridgehead atoms. The molecule has 0 atom stereocenters. The summed E-state index contributed by atoms with van der Waals surface area (Å²) < 4.78 is 0. The molecule has 0 aliphatic rings. The van der Waals surface area contributed by atoms with Gasteiger partial charge in [-0.3, -0.25) is 0 Å². The summed E-state index contributed by atoms with van der Waals surface area (Å²) in [5.74, 6) is 0. The molecule has 0 aliphatic heterocycles. The fourth-order valence-corrected chi connectivity index (χ4v) is 10.6. The molecule has 0 aliphatic carbocycles. The Labute approximate surface area is 395 Å². The third-order valence-corrected chi connectivity index (χ3v) is 13.8. The molecule has 0 saturated heterocycles. The van der Waals surface area contributed by atoms with Crippen LogP contribution in [0.15, 0.2) is 261 Å². The molecule has 1 nitrogen and oxygen atoms in total. The first-order valence-electron chi connectivity index (χ1n) is 23.4. The highest BCUT2D eigenvalue weighted by molar-refractivity contribution is 6.22. The second kappa shape index (κ2) is 16.5. The summed E-state index contributed by atoms with van der Waals surface area (Å²) in [6.45, 7) is 0. The molecule has 0 saturated carbocycles. The minimum absolute atomic E-state index is 0.927. The van der Waals surface area contributed by atoms with E-state index in [0.717, 1.165) is 33.6 Å². The molecule has 1 heteroatoms. The van der Waals surface area contributed by atoms with E-state index in [1.165, 1.54) is 98.4 Å². The Morgan fingerprint density at radius 1 is 0.191 bits per heavy atom. The summed E-state index contributed by atoms with van der Waals surface area (Å²) in [5, 5.41) is 12.4. The van der Waals surface area contributed by atoms with Crippen molar-refractivity contribution in [1.29, 1.82) is 0 Å². The van der Waals surface area contributed by atoms with Crippen LogP contribution in [0.5, 0.6) is 0 Å². The first-order chi connectivity index (χ1) is 33.7. The Bertz CT molecular complexity index is 3890. The molecular formula is C67H43N. The zero-order chi connectivity index (χ0) is 45.0. The lowest BCUT2D eigenvalue weighted by atomic mass is 9.85. The van der Waals surface area contributed by atoms with Gasteiger partial charge < -0.3 is 0 Å². The molecule has 1 aromatic heterocycles. The second-order valence-electron chi connectivity index (χ2n) is 17.8. The van der Waals surface area contributed by atoms with Crippen LogP contribution >= 0.6 is 0 Å². The Hall–Kier alpha value is -8.91. The van der Waals surface area contributed by atoms with E-state index in [2.05, 4.69) is 261 Å². The number of aromatic nitrogens is 1. The van der Waals surface area contributed by atoms with Gasteiger partial charge in [0.25, 0.3) is 0 Å². The van der Waals surface area contributed by atoms with Crippen LogP contribution < -0.4 is 0 Å². The summed E-state index contributed by atoms with van der Waals surface area (Å²) >= 11 is 0. The monoisotopic (exact) mass is 861 g/mol. The Balaban J connectivity index is 0.995. The number of hydrogen-bond donors (Lipinski definition) is 0. The zero-order valence-corrected chi connectivity index (χ0v) is 37.3. The largest absolute Gasteiger partial charge is 0.248 e. The van der Waals surface area contributed by atoms with Gasteiger partial charge in [0.15, 0.2) is 0 Å². The van der Waals surface area contributed by atoms with E-state index in [-0.39, 0.29) is 0 Å². The van der Waals surface area contributed by atoms with Gasteiger partial charge in [-0.15, -0.1) is 0 Å². The number of pyridine rings is 1. The van der Waals surface area contributed by atoms with Gasteiger partial charge in [-0.05, 0) is 146 Å². The lowest BCUT2D eigenvalue weighted by molar-refractivity contribution is 1.32. The van der Waals surface area contributed by atoms with Gasteiger partial charge in [0.05, 0.1) is 11.4 Å². The molecule has 13 rings (SSSR count). The smallest absolute Gasteiger partial charge is 0.0715 e. The van der Waals surface area contributed by atoms with E-state index >= 15 is 0 Å². The first kappa shape index (κ1) is 39.5. The molecular weight excluding hydrogens is 819 g/mol. The molecule has 1 heterocycles. The van der Waals surface area contributed by atoms with Crippen molar-refractivity contribution < 1.29 is 0 Å². The van der Waals surface area contributed by atoms with Crippen molar-refractivity contribution >= 4 is 53.9 Å². The predicted octanol–water partition coefficient (Wildman–Crippen LogP) is 18.5. The van der Waals surface area contributed by atoms with Crippen LogP contribution in [0.3, 0.4) is 0 Å². The van der Waals surface area contributed by atoms with Crippen LogP contribution in [-0.4, -0.2) is 4.98 Å². The highest BCUT2D eigenvalue weighted by Gasteiger charge is 2.19. The summed E-state index contributed by atoms with van der Waals surface area (Å²) in [6.07, 6.45) is 0. The molecule has 0 amide bonds. The number of rotatable bonds is 7. The first-order valence-corrected chi connectivity index (χ1v) is 23.4. The van der Waals surface area contributed by atoms with Crippen LogP contribution in [0.4, 0.5) is 0 Å². The van der Waals surface area contributed by atoms with Crippen LogP contribution in [0.1, 0.15) is 0 Å². The van der Waals surface area contributed by atoms with Gasteiger partial charge in [0.1, 0.15) is 0 Å². The van der Waals surface area contributed by atoms with Crippen molar-refractivity contribution in [2.45, 2.75) is 0 Å². The molecule has 68 heavy (non-hydrogen) atoms. The van der Waals surface area contributed by atoms with Gasteiger partial charge in [0, 0.05) is 11.1 Å². The topological polar surface area (TPSA) is 12.9 Å². The zero-order valence-electron chi connectivity index (χ0n) is 37.3. The number of hydrogen-bond acceptors (Lipinski definition) is 1. The summed E-state index contributed by atoms with van der Waals surface area (Å²) in [6, 6.07) is 95.2. The molecule has 0 unspecified atom stereocenters. The van der Waals surface area contributed by atoms with Crippen LogP contribution in [0.2, 0.25) is 0 Å². The van der Waals surface area contributed by atoms with Crippen molar-refractivity contribution in [3.8, 4) is 78.1 Å². The van der Waals surface area contributed by atoms with Crippen molar-refractivity contribution in [3.05, 3.63) is 261 Å². The predicted molar refractivity (Wildman–Crippen MR) is 290 cm³/mol. The van der Waals surface area contributed by atoms with E-state index < -0.39 is 0 Å². The van der Waals surface area contributed by atoms with Crippen molar-refractivity contribution in [2.24, 2.45) is 0 Å². The normalized spacial score (nSPS) is 11.5. The average molecular weight is 862 g/mol. The SMILES string of the molecule is c1cc(-c2cc(-c3cccc(-c4c5ccccc5c(-c5ccc6ccccc6c5)c5ccccc45)c3)cc(-c3cccc(-c4cccc5ccccc45)c3)n2)cc(-c2cccc3ccccc23)c1. The molecule has 13 aromatic rings. The van der Waals surface area contributed by atoms with Gasteiger partial charge in [-0.2, -0.15) is 0 Å². The van der Waals surface area contributed by atoms with Crippen LogP contribution in [-0.2, 0) is 0 Å².